The van der Waals surface area contributed by atoms with Crippen LogP contribution in [0, 0.1) is 11.6 Å². The second kappa shape index (κ2) is 8.57. The number of rotatable bonds is 7. The van der Waals surface area contributed by atoms with Gasteiger partial charge in [-0.1, -0.05) is 0 Å². The summed E-state index contributed by atoms with van der Waals surface area (Å²) in [4.78, 5) is 8.22. The van der Waals surface area contributed by atoms with Crippen molar-refractivity contribution < 1.29 is 18.3 Å². The molecule has 1 aromatic heterocycles. The summed E-state index contributed by atoms with van der Waals surface area (Å²) in [5.74, 6) is -0.149. The van der Waals surface area contributed by atoms with Crippen LogP contribution in [-0.2, 0) is 0 Å². The molecule has 3 rings (SSSR count). The molecule has 0 atom stereocenters. The van der Waals surface area contributed by atoms with Crippen molar-refractivity contribution in [1.82, 2.24) is 15.3 Å². The Morgan fingerprint density at radius 2 is 2.00 bits per heavy atom. The molecule has 1 aliphatic rings. The van der Waals surface area contributed by atoms with Crippen molar-refractivity contribution in [2.24, 2.45) is 0 Å². The first kappa shape index (κ1) is 17.3. The lowest BCUT2D eigenvalue weighted by Gasteiger charge is -2.23. The maximum atomic E-state index is 13.4. The van der Waals surface area contributed by atoms with Crippen LogP contribution < -0.4 is 20.1 Å². The Bertz CT molecular complexity index is 696. The molecule has 2 heterocycles. The number of benzene rings is 1. The van der Waals surface area contributed by atoms with Gasteiger partial charge in [-0.25, -0.2) is 18.7 Å². The lowest BCUT2D eigenvalue weighted by molar-refractivity contribution is 0.156. The highest BCUT2D eigenvalue weighted by Gasteiger charge is 2.15. The first-order valence-corrected chi connectivity index (χ1v) is 8.22. The molecule has 8 heteroatoms. The van der Waals surface area contributed by atoms with Gasteiger partial charge in [-0.3, -0.25) is 0 Å². The maximum absolute atomic E-state index is 13.4. The normalized spacial score (nSPS) is 15.0. The molecule has 0 unspecified atom stereocenters. The monoisotopic (exact) mass is 350 g/mol. The van der Waals surface area contributed by atoms with E-state index in [0.29, 0.717) is 18.2 Å². The highest BCUT2D eigenvalue weighted by molar-refractivity contribution is 5.37. The Balaban J connectivity index is 1.46. The van der Waals surface area contributed by atoms with Crippen molar-refractivity contribution in [3.05, 3.63) is 42.2 Å². The summed E-state index contributed by atoms with van der Waals surface area (Å²) in [5, 5.41) is 6.32. The van der Waals surface area contributed by atoms with Crippen molar-refractivity contribution in [3.63, 3.8) is 0 Å². The van der Waals surface area contributed by atoms with Crippen LogP contribution in [0.3, 0.4) is 0 Å². The number of ether oxygens (including phenoxy) is 2. The van der Waals surface area contributed by atoms with E-state index < -0.39 is 11.6 Å². The standard InChI is InChI=1S/C17H20F2N4O2/c18-12-1-2-14(19)15(9-12)24-8-7-21-16-10-17(23-11-22-16)25-13-3-5-20-6-4-13/h1-2,9-11,13,20H,3-8H2,(H,21,22,23). The summed E-state index contributed by atoms with van der Waals surface area (Å²) in [5.41, 5.74) is 0. The molecular formula is C17H20F2N4O2. The molecule has 1 aliphatic heterocycles. The van der Waals surface area contributed by atoms with Gasteiger partial charge in [-0.15, -0.1) is 0 Å². The average molecular weight is 350 g/mol. The molecule has 0 amide bonds. The third-order valence-electron chi connectivity index (χ3n) is 3.77. The Labute approximate surface area is 144 Å². The number of anilines is 1. The molecular weight excluding hydrogens is 330 g/mol. The predicted octanol–water partition coefficient (Wildman–Crippen LogP) is 2.38. The van der Waals surface area contributed by atoms with E-state index >= 15 is 0 Å². The molecule has 134 valence electrons. The molecule has 0 spiro atoms. The molecule has 2 N–H and O–H groups in total. The Kier molecular flexibility index (Phi) is 5.95. The number of piperidine rings is 1. The molecule has 0 aliphatic carbocycles. The minimum Gasteiger partial charge on any atom is -0.489 e. The van der Waals surface area contributed by atoms with E-state index in [4.69, 9.17) is 9.47 Å². The van der Waals surface area contributed by atoms with E-state index in [0.717, 1.165) is 44.1 Å². The molecule has 0 bridgehead atoms. The zero-order valence-electron chi connectivity index (χ0n) is 13.7. The van der Waals surface area contributed by atoms with E-state index in [1.54, 1.807) is 6.07 Å². The fraction of sp³-hybridized carbons (Fsp3) is 0.412. The summed E-state index contributed by atoms with van der Waals surface area (Å²) in [6, 6.07) is 4.81. The first-order chi connectivity index (χ1) is 12.2. The number of aromatic nitrogens is 2. The van der Waals surface area contributed by atoms with Crippen LogP contribution in [0.4, 0.5) is 14.6 Å². The lowest BCUT2D eigenvalue weighted by Crippen LogP contribution is -2.34. The number of halogens is 2. The molecule has 1 aromatic carbocycles. The van der Waals surface area contributed by atoms with E-state index in [1.165, 1.54) is 6.33 Å². The van der Waals surface area contributed by atoms with Crippen LogP contribution >= 0.6 is 0 Å². The smallest absolute Gasteiger partial charge is 0.218 e. The van der Waals surface area contributed by atoms with Crippen molar-refractivity contribution in [1.29, 1.82) is 0 Å². The van der Waals surface area contributed by atoms with Crippen molar-refractivity contribution in [3.8, 4) is 11.6 Å². The fourth-order valence-corrected chi connectivity index (χ4v) is 2.51. The topological polar surface area (TPSA) is 68.3 Å². The van der Waals surface area contributed by atoms with Gasteiger partial charge >= 0.3 is 0 Å². The predicted molar refractivity (Wildman–Crippen MR) is 88.9 cm³/mol. The summed E-state index contributed by atoms with van der Waals surface area (Å²) in [7, 11) is 0. The second-order valence-corrected chi connectivity index (χ2v) is 5.66. The Hall–Kier alpha value is -2.48. The minimum absolute atomic E-state index is 0.112. The Morgan fingerprint density at radius 3 is 2.84 bits per heavy atom. The van der Waals surface area contributed by atoms with Gasteiger partial charge in [-0.05, 0) is 38.1 Å². The number of hydrogen-bond donors (Lipinski definition) is 2. The van der Waals surface area contributed by atoms with E-state index in [-0.39, 0.29) is 18.5 Å². The molecule has 25 heavy (non-hydrogen) atoms. The molecule has 1 fully saturated rings. The van der Waals surface area contributed by atoms with Crippen molar-refractivity contribution >= 4 is 5.82 Å². The molecule has 1 saturated heterocycles. The minimum atomic E-state index is -0.596. The number of nitrogens with one attached hydrogen (secondary N) is 2. The van der Waals surface area contributed by atoms with Crippen LogP contribution in [0.5, 0.6) is 11.6 Å². The van der Waals surface area contributed by atoms with Gasteiger partial charge in [0.05, 0.1) is 6.54 Å². The molecule has 0 saturated carbocycles. The SMILES string of the molecule is Fc1ccc(F)c(OCCNc2cc(OC3CCNCC3)ncn2)c1. The maximum Gasteiger partial charge on any atom is 0.218 e. The van der Waals surface area contributed by atoms with Gasteiger partial charge in [0.15, 0.2) is 11.6 Å². The number of hydrogen-bond acceptors (Lipinski definition) is 6. The fourth-order valence-electron chi connectivity index (χ4n) is 2.51. The van der Waals surface area contributed by atoms with Gasteiger partial charge in [0.25, 0.3) is 0 Å². The highest BCUT2D eigenvalue weighted by atomic mass is 19.1. The van der Waals surface area contributed by atoms with E-state index in [9.17, 15) is 8.78 Å². The number of nitrogens with zero attached hydrogens (tertiary/aromatic N) is 2. The van der Waals surface area contributed by atoms with Crippen LogP contribution in [0.15, 0.2) is 30.6 Å². The zero-order valence-corrected chi connectivity index (χ0v) is 13.7. The van der Waals surface area contributed by atoms with E-state index in [2.05, 4.69) is 20.6 Å². The summed E-state index contributed by atoms with van der Waals surface area (Å²) < 4.78 is 37.6. The third-order valence-corrected chi connectivity index (χ3v) is 3.77. The Morgan fingerprint density at radius 1 is 1.16 bits per heavy atom. The summed E-state index contributed by atoms with van der Waals surface area (Å²) in [6.45, 7) is 2.41. The van der Waals surface area contributed by atoms with Gasteiger partial charge in [0, 0.05) is 12.1 Å². The quantitative estimate of drug-likeness (QED) is 0.748. The van der Waals surface area contributed by atoms with E-state index in [1.807, 2.05) is 0 Å². The average Bonchev–Trinajstić information content (AvgIpc) is 2.63. The van der Waals surface area contributed by atoms with Gasteiger partial charge < -0.3 is 20.1 Å². The largest absolute Gasteiger partial charge is 0.489 e. The summed E-state index contributed by atoms with van der Waals surface area (Å²) >= 11 is 0. The van der Waals surface area contributed by atoms with Crippen LogP contribution in [-0.4, -0.2) is 42.3 Å². The molecule has 0 radical (unpaired) electrons. The van der Waals surface area contributed by atoms with Gasteiger partial charge in [0.1, 0.15) is 30.7 Å². The highest BCUT2D eigenvalue weighted by Crippen LogP contribution is 2.18. The van der Waals surface area contributed by atoms with Crippen LogP contribution in [0.2, 0.25) is 0 Å². The van der Waals surface area contributed by atoms with Gasteiger partial charge in [0.2, 0.25) is 5.88 Å². The second-order valence-electron chi connectivity index (χ2n) is 5.66. The third kappa shape index (κ3) is 5.25. The van der Waals surface area contributed by atoms with Crippen LogP contribution in [0.25, 0.3) is 0 Å². The first-order valence-electron chi connectivity index (χ1n) is 8.22. The van der Waals surface area contributed by atoms with Crippen molar-refractivity contribution in [2.75, 3.05) is 31.6 Å². The zero-order chi connectivity index (χ0) is 17.5. The summed E-state index contributed by atoms with van der Waals surface area (Å²) in [6.07, 6.45) is 3.47. The lowest BCUT2D eigenvalue weighted by atomic mass is 10.1. The van der Waals surface area contributed by atoms with Gasteiger partial charge in [-0.2, -0.15) is 0 Å². The van der Waals surface area contributed by atoms with Crippen molar-refractivity contribution in [2.45, 2.75) is 18.9 Å². The molecule has 2 aromatic rings. The van der Waals surface area contributed by atoms with Crippen LogP contribution in [0.1, 0.15) is 12.8 Å². The molecule has 6 nitrogen and oxygen atoms in total.